The molecule has 1 heterocycles. The number of nitrogens with two attached hydrogens (primary N) is 1. The zero-order valence-electron chi connectivity index (χ0n) is 16.8. The average molecular weight is 499 g/mol. The van der Waals surface area contributed by atoms with Crippen LogP contribution in [-0.4, -0.2) is 56.5 Å². The number of carbonyl (C=O) groups is 1. The van der Waals surface area contributed by atoms with Gasteiger partial charge in [-0.3, -0.25) is 9.79 Å². The number of primary amides is 1. The van der Waals surface area contributed by atoms with E-state index in [0.717, 1.165) is 57.9 Å². The number of carbonyl (C=O) groups excluding carboxylic acids is 1. The van der Waals surface area contributed by atoms with Crippen LogP contribution in [0.4, 0.5) is 0 Å². The van der Waals surface area contributed by atoms with Crippen molar-refractivity contribution in [3.05, 3.63) is 35.9 Å². The van der Waals surface area contributed by atoms with E-state index in [9.17, 15) is 4.79 Å². The van der Waals surface area contributed by atoms with E-state index in [1.807, 2.05) is 7.05 Å². The molecule has 6 nitrogen and oxygen atoms in total. The smallest absolute Gasteiger partial charge is 0.221 e. The summed E-state index contributed by atoms with van der Waals surface area (Å²) in [5, 5.41) is 6.91. The van der Waals surface area contributed by atoms with Gasteiger partial charge in [0.15, 0.2) is 5.96 Å². The number of hydrogen-bond acceptors (Lipinski definition) is 3. The molecule has 1 saturated carbocycles. The van der Waals surface area contributed by atoms with E-state index in [2.05, 4.69) is 50.9 Å². The Balaban J connectivity index is 0.00000280. The molecular formula is C21H34IN5O. The molecule has 1 aromatic carbocycles. The Morgan fingerprint density at radius 2 is 2.04 bits per heavy atom. The zero-order chi connectivity index (χ0) is 19.1. The van der Waals surface area contributed by atoms with Gasteiger partial charge in [-0.2, -0.15) is 0 Å². The molecule has 3 rings (SSSR count). The molecule has 0 aromatic heterocycles. The van der Waals surface area contributed by atoms with Crippen molar-refractivity contribution in [2.75, 3.05) is 39.8 Å². The monoisotopic (exact) mass is 499 g/mol. The van der Waals surface area contributed by atoms with Gasteiger partial charge in [-0.1, -0.05) is 30.3 Å². The van der Waals surface area contributed by atoms with E-state index in [0.29, 0.717) is 0 Å². The molecule has 1 aromatic rings. The Kier molecular flexibility index (Phi) is 9.01. The van der Waals surface area contributed by atoms with E-state index in [4.69, 9.17) is 5.73 Å². The minimum atomic E-state index is -0.158. The summed E-state index contributed by atoms with van der Waals surface area (Å²) in [5.41, 5.74) is 7.15. The Morgan fingerprint density at radius 1 is 1.29 bits per heavy atom. The van der Waals surface area contributed by atoms with E-state index >= 15 is 0 Å². The fourth-order valence-corrected chi connectivity index (χ4v) is 3.98. The van der Waals surface area contributed by atoms with Crippen LogP contribution in [0.3, 0.4) is 0 Å². The third-order valence-electron chi connectivity index (χ3n) is 5.91. The van der Waals surface area contributed by atoms with Crippen molar-refractivity contribution in [1.82, 2.24) is 15.5 Å². The van der Waals surface area contributed by atoms with E-state index in [1.165, 1.54) is 18.4 Å². The van der Waals surface area contributed by atoms with Crippen molar-refractivity contribution in [2.24, 2.45) is 16.6 Å². The first-order valence-electron chi connectivity index (χ1n) is 10.1. The van der Waals surface area contributed by atoms with Crippen LogP contribution in [0.2, 0.25) is 0 Å². The predicted octanol–water partition coefficient (Wildman–Crippen LogP) is 2.09. The Labute approximate surface area is 185 Å². The molecule has 0 radical (unpaired) electrons. The summed E-state index contributed by atoms with van der Waals surface area (Å²) in [6.07, 6.45) is 5.49. The topological polar surface area (TPSA) is 82.8 Å². The van der Waals surface area contributed by atoms with Crippen LogP contribution in [0.15, 0.2) is 35.3 Å². The van der Waals surface area contributed by atoms with Crippen molar-refractivity contribution in [1.29, 1.82) is 0 Å². The van der Waals surface area contributed by atoms with Gasteiger partial charge in [0.2, 0.25) is 5.91 Å². The molecule has 1 amide bonds. The fourth-order valence-electron chi connectivity index (χ4n) is 3.98. The average Bonchev–Trinajstić information content (AvgIpc) is 3.49. The number of likely N-dealkylation sites (tertiary alicyclic amines) is 1. The normalized spacial score (nSPS) is 21.5. The van der Waals surface area contributed by atoms with Crippen molar-refractivity contribution in [2.45, 2.75) is 37.5 Å². The summed E-state index contributed by atoms with van der Waals surface area (Å²) >= 11 is 0. The molecule has 2 aliphatic rings. The SMILES string of the molecule is CN=C(NCCCN1CCCC(C(N)=O)C1)NCC1(c2ccccc2)CC1.I. The maximum Gasteiger partial charge on any atom is 0.221 e. The lowest BCUT2D eigenvalue weighted by molar-refractivity contribution is -0.123. The Morgan fingerprint density at radius 3 is 2.68 bits per heavy atom. The van der Waals surface area contributed by atoms with Gasteiger partial charge in [0.25, 0.3) is 0 Å². The minimum absolute atomic E-state index is 0. The summed E-state index contributed by atoms with van der Waals surface area (Å²) in [4.78, 5) is 18.1. The van der Waals surface area contributed by atoms with Gasteiger partial charge in [0.1, 0.15) is 0 Å². The van der Waals surface area contributed by atoms with Crippen LogP contribution in [0.1, 0.15) is 37.7 Å². The highest BCUT2D eigenvalue weighted by Crippen LogP contribution is 2.47. The molecule has 1 atom stereocenters. The van der Waals surface area contributed by atoms with Crippen molar-refractivity contribution in [3.63, 3.8) is 0 Å². The number of nitrogens with zero attached hydrogens (tertiary/aromatic N) is 2. The van der Waals surface area contributed by atoms with E-state index in [-0.39, 0.29) is 41.2 Å². The molecular weight excluding hydrogens is 465 g/mol. The number of halogens is 1. The number of rotatable bonds is 8. The molecule has 7 heteroatoms. The number of benzene rings is 1. The van der Waals surface area contributed by atoms with Gasteiger partial charge >= 0.3 is 0 Å². The summed E-state index contributed by atoms with van der Waals surface area (Å²) < 4.78 is 0. The first-order chi connectivity index (χ1) is 13.1. The van der Waals surface area contributed by atoms with Gasteiger partial charge in [-0.15, -0.1) is 24.0 Å². The molecule has 1 saturated heterocycles. The highest BCUT2D eigenvalue weighted by molar-refractivity contribution is 14.0. The van der Waals surface area contributed by atoms with Crippen LogP contribution >= 0.6 is 24.0 Å². The highest BCUT2D eigenvalue weighted by Gasteiger charge is 2.43. The first kappa shape index (κ1) is 22.9. The maximum absolute atomic E-state index is 11.4. The molecule has 2 fully saturated rings. The van der Waals surface area contributed by atoms with Crippen LogP contribution in [0.25, 0.3) is 0 Å². The van der Waals surface area contributed by atoms with Gasteiger partial charge < -0.3 is 21.3 Å². The van der Waals surface area contributed by atoms with Gasteiger partial charge in [0, 0.05) is 32.1 Å². The van der Waals surface area contributed by atoms with E-state index < -0.39 is 0 Å². The molecule has 0 bridgehead atoms. The zero-order valence-corrected chi connectivity index (χ0v) is 19.2. The number of nitrogens with one attached hydrogen (secondary N) is 2. The quantitative estimate of drug-likeness (QED) is 0.222. The molecule has 4 N–H and O–H groups in total. The number of aliphatic imine (C=N–C) groups is 1. The molecule has 1 aliphatic carbocycles. The molecule has 0 spiro atoms. The Bertz CT molecular complexity index is 647. The summed E-state index contributed by atoms with van der Waals surface area (Å²) in [7, 11) is 1.82. The molecule has 156 valence electrons. The largest absolute Gasteiger partial charge is 0.369 e. The molecule has 1 unspecified atom stereocenters. The lowest BCUT2D eigenvalue weighted by Crippen LogP contribution is -2.44. The second-order valence-electron chi connectivity index (χ2n) is 7.89. The van der Waals surface area contributed by atoms with Gasteiger partial charge in [0.05, 0.1) is 5.92 Å². The first-order valence-corrected chi connectivity index (χ1v) is 10.1. The van der Waals surface area contributed by atoms with Crippen LogP contribution in [-0.2, 0) is 10.2 Å². The summed E-state index contributed by atoms with van der Waals surface area (Å²) in [6.45, 7) is 4.65. The Hall–Kier alpha value is -1.35. The molecule has 1 aliphatic heterocycles. The maximum atomic E-state index is 11.4. The second kappa shape index (κ2) is 11.0. The van der Waals surface area contributed by atoms with E-state index in [1.54, 1.807) is 0 Å². The number of amides is 1. The van der Waals surface area contributed by atoms with Crippen molar-refractivity contribution in [3.8, 4) is 0 Å². The standard InChI is InChI=1S/C21H33N5O.HI/c1-23-20(25-16-21(10-11-21)18-8-3-2-4-9-18)24-12-6-14-26-13-5-7-17(15-26)19(22)27;/h2-4,8-9,17H,5-7,10-16H2,1H3,(H2,22,27)(H2,23,24,25);1H. The van der Waals surface area contributed by atoms with Crippen LogP contribution < -0.4 is 16.4 Å². The summed E-state index contributed by atoms with van der Waals surface area (Å²) in [5.74, 6) is 0.731. The number of piperidine rings is 1. The lowest BCUT2D eigenvalue weighted by atomic mass is 9.96. The highest BCUT2D eigenvalue weighted by atomic mass is 127. The van der Waals surface area contributed by atoms with Crippen LogP contribution in [0, 0.1) is 5.92 Å². The third kappa shape index (κ3) is 6.34. The van der Waals surface area contributed by atoms with Gasteiger partial charge in [-0.25, -0.2) is 0 Å². The summed E-state index contributed by atoms with van der Waals surface area (Å²) in [6, 6.07) is 10.8. The second-order valence-corrected chi connectivity index (χ2v) is 7.89. The van der Waals surface area contributed by atoms with Crippen LogP contribution in [0.5, 0.6) is 0 Å². The minimum Gasteiger partial charge on any atom is -0.369 e. The predicted molar refractivity (Wildman–Crippen MR) is 125 cm³/mol. The number of hydrogen-bond donors (Lipinski definition) is 3. The van der Waals surface area contributed by atoms with Crippen molar-refractivity contribution < 1.29 is 4.79 Å². The van der Waals surface area contributed by atoms with Crippen molar-refractivity contribution >= 4 is 35.8 Å². The fraction of sp³-hybridized carbons (Fsp3) is 0.619. The molecule has 28 heavy (non-hydrogen) atoms. The van der Waals surface area contributed by atoms with Gasteiger partial charge in [-0.05, 0) is 50.8 Å². The third-order valence-corrected chi connectivity index (χ3v) is 5.91. The number of guanidine groups is 1. The lowest BCUT2D eigenvalue weighted by Gasteiger charge is -2.31.